The average molecular weight is 387 g/mol. The number of hydrogen-bond acceptors (Lipinski definition) is 0. The predicted octanol–water partition coefficient (Wildman–Crippen LogP) is 7.10. The third-order valence-corrected chi connectivity index (χ3v) is 5.23. The van der Waals surface area contributed by atoms with E-state index in [1.165, 1.54) is 27.8 Å². The molecule has 0 aromatic heterocycles. The molecule has 0 amide bonds. The molecular formula is C24H19Br. The molecule has 1 atom stereocenters. The van der Waals surface area contributed by atoms with Crippen LogP contribution in [0.1, 0.15) is 29.0 Å². The van der Waals surface area contributed by atoms with Gasteiger partial charge in [-0.1, -0.05) is 101 Å². The number of rotatable bonds is 3. The highest BCUT2D eigenvalue weighted by Crippen LogP contribution is 2.38. The SMILES string of the molecule is Brc1ccc(C2=CC(c3ccccc3)CC(c3ccccc3)=C2)cc1. The molecule has 1 aliphatic rings. The molecule has 1 aliphatic carbocycles. The Morgan fingerprint density at radius 1 is 0.680 bits per heavy atom. The first-order valence-electron chi connectivity index (χ1n) is 8.58. The molecule has 1 unspecified atom stereocenters. The van der Waals surface area contributed by atoms with Gasteiger partial charge in [-0.25, -0.2) is 0 Å². The fraction of sp³-hybridized carbons (Fsp3) is 0.0833. The Bertz CT molecular complexity index is 903. The van der Waals surface area contributed by atoms with E-state index in [1.54, 1.807) is 0 Å². The van der Waals surface area contributed by atoms with Crippen molar-refractivity contribution in [3.63, 3.8) is 0 Å². The molecule has 0 N–H and O–H groups in total. The zero-order chi connectivity index (χ0) is 17.1. The van der Waals surface area contributed by atoms with Crippen LogP contribution in [0.25, 0.3) is 11.1 Å². The van der Waals surface area contributed by atoms with Crippen LogP contribution in [0.15, 0.2) is 102 Å². The molecule has 0 radical (unpaired) electrons. The van der Waals surface area contributed by atoms with Crippen LogP contribution in [0.4, 0.5) is 0 Å². The maximum absolute atomic E-state index is 3.53. The van der Waals surface area contributed by atoms with E-state index in [0.717, 1.165) is 10.9 Å². The Morgan fingerprint density at radius 2 is 1.32 bits per heavy atom. The Labute approximate surface area is 157 Å². The number of halogens is 1. The first kappa shape index (κ1) is 16.1. The van der Waals surface area contributed by atoms with Gasteiger partial charge in [-0.3, -0.25) is 0 Å². The summed E-state index contributed by atoms with van der Waals surface area (Å²) in [6, 6.07) is 30.1. The zero-order valence-electron chi connectivity index (χ0n) is 13.9. The van der Waals surface area contributed by atoms with Gasteiger partial charge in [0.1, 0.15) is 0 Å². The van der Waals surface area contributed by atoms with Crippen molar-refractivity contribution in [2.75, 3.05) is 0 Å². The van der Waals surface area contributed by atoms with Crippen LogP contribution >= 0.6 is 15.9 Å². The maximum Gasteiger partial charge on any atom is 0.0175 e. The Balaban J connectivity index is 1.78. The van der Waals surface area contributed by atoms with Crippen LogP contribution in [0, 0.1) is 0 Å². The molecule has 0 spiro atoms. The minimum absolute atomic E-state index is 0.403. The zero-order valence-corrected chi connectivity index (χ0v) is 15.5. The Kier molecular flexibility index (Phi) is 4.67. The molecule has 122 valence electrons. The van der Waals surface area contributed by atoms with Gasteiger partial charge >= 0.3 is 0 Å². The molecule has 0 saturated carbocycles. The lowest BCUT2D eigenvalue weighted by Crippen LogP contribution is -2.03. The molecule has 0 heterocycles. The first-order chi connectivity index (χ1) is 12.3. The van der Waals surface area contributed by atoms with E-state index in [-0.39, 0.29) is 0 Å². The van der Waals surface area contributed by atoms with Crippen molar-refractivity contribution in [2.45, 2.75) is 12.3 Å². The summed E-state index contributed by atoms with van der Waals surface area (Å²) in [6.07, 6.45) is 5.79. The fourth-order valence-electron chi connectivity index (χ4n) is 3.40. The average Bonchev–Trinajstić information content (AvgIpc) is 2.69. The molecule has 0 aliphatic heterocycles. The summed E-state index contributed by atoms with van der Waals surface area (Å²) >= 11 is 3.53. The summed E-state index contributed by atoms with van der Waals surface area (Å²) in [6.45, 7) is 0. The lowest BCUT2D eigenvalue weighted by molar-refractivity contribution is 0.871. The molecule has 0 saturated heterocycles. The van der Waals surface area contributed by atoms with E-state index in [0.29, 0.717) is 5.92 Å². The van der Waals surface area contributed by atoms with Crippen molar-refractivity contribution in [3.8, 4) is 0 Å². The van der Waals surface area contributed by atoms with Gasteiger partial charge in [-0.2, -0.15) is 0 Å². The first-order valence-corrected chi connectivity index (χ1v) is 9.37. The molecule has 4 rings (SSSR count). The van der Waals surface area contributed by atoms with Gasteiger partial charge in [0.2, 0.25) is 0 Å². The van der Waals surface area contributed by atoms with E-state index in [9.17, 15) is 0 Å². The third-order valence-electron chi connectivity index (χ3n) is 4.70. The summed E-state index contributed by atoms with van der Waals surface area (Å²) in [5.41, 5.74) is 6.64. The van der Waals surface area contributed by atoms with Crippen molar-refractivity contribution < 1.29 is 0 Å². The van der Waals surface area contributed by atoms with Crippen molar-refractivity contribution in [1.82, 2.24) is 0 Å². The van der Waals surface area contributed by atoms with Gasteiger partial charge in [-0.15, -0.1) is 0 Å². The topological polar surface area (TPSA) is 0 Å². The van der Waals surface area contributed by atoms with Gasteiger partial charge in [0.15, 0.2) is 0 Å². The minimum Gasteiger partial charge on any atom is -0.0688 e. The van der Waals surface area contributed by atoms with Crippen LogP contribution in [-0.2, 0) is 0 Å². The quantitative estimate of drug-likeness (QED) is 0.449. The molecule has 0 bridgehead atoms. The van der Waals surface area contributed by atoms with E-state index < -0.39 is 0 Å². The van der Waals surface area contributed by atoms with E-state index in [4.69, 9.17) is 0 Å². The summed E-state index contributed by atoms with van der Waals surface area (Å²) < 4.78 is 1.11. The maximum atomic E-state index is 3.53. The lowest BCUT2D eigenvalue weighted by atomic mass is 9.81. The van der Waals surface area contributed by atoms with Gasteiger partial charge < -0.3 is 0 Å². The van der Waals surface area contributed by atoms with Crippen molar-refractivity contribution in [2.24, 2.45) is 0 Å². The van der Waals surface area contributed by atoms with E-state index in [1.807, 2.05) is 0 Å². The smallest absolute Gasteiger partial charge is 0.0175 e. The van der Waals surface area contributed by atoms with Crippen LogP contribution in [0.5, 0.6) is 0 Å². The van der Waals surface area contributed by atoms with Crippen molar-refractivity contribution >= 4 is 27.1 Å². The van der Waals surface area contributed by atoms with Crippen LogP contribution in [-0.4, -0.2) is 0 Å². The second-order valence-electron chi connectivity index (χ2n) is 6.39. The second kappa shape index (κ2) is 7.25. The third kappa shape index (κ3) is 3.67. The Hall–Kier alpha value is -2.38. The molecule has 25 heavy (non-hydrogen) atoms. The van der Waals surface area contributed by atoms with E-state index in [2.05, 4.69) is 113 Å². The number of hydrogen-bond donors (Lipinski definition) is 0. The summed E-state index contributed by atoms with van der Waals surface area (Å²) in [5, 5.41) is 0. The number of allylic oxidation sites excluding steroid dienone is 4. The van der Waals surface area contributed by atoms with Gasteiger partial charge in [0.05, 0.1) is 0 Å². The minimum atomic E-state index is 0.403. The normalized spacial score (nSPS) is 16.9. The van der Waals surface area contributed by atoms with Crippen LogP contribution in [0.3, 0.4) is 0 Å². The number of benzene rings is 3. The van der Waals surface area contributed by atoms with E-state index >= 15 is 0 Å². The fourth-order valence-corrected chi connectivity index (χ4v) is 3.66. The van der Waals surface area contributed by atoms with Gasteiger partial charge in [0.25, 0.3) is 0 Å². The highest BCUT2D eigenvalue weighted by molar-refractivity contribution is 9.10. The Morgan fingerprint density at radius 3 is 2.00 bits per heavy atom. The molecule has 1 heteroatoms. The highest BCUT2D eigenvalue weighted by atomic mass is 79.9. The second-order valence-corrected chi connectivity index (χ2v) is 7.30. The largest absolute Gasteiger partial charge is 0.0688 e. The highest BCUT2D eigenvalue weighted by Gasteiger charge is 2.18. The molecule has 3 aromatic rings. The molecular weight excluding hydrogens is 368 g/mol. The summed E-state index contributed by atoms with van der Waals surface area (Å²) in [4.78, 5) is 0. The van der Waals surface area contributed by atoms with Gasteiger partial charge in [-0.05, 0) is 46.4 Å². The molecule has 3 aromatic carbocycles. The lowest BCUT2D eigenvalue weighted by Gasteiger charge is -2.23. The van der Waals surface area contributed by atoms with Gasteiger partial charge in [0, 0.05) is 10.4 Å². The summed E-state index contributed by atoms with van der Waals surface area (Å²) in [7, 11) is 0. The van der Waals surface area contributed by atoms with Crippen molar-refractivity contribution in [1.29, 1.82) is 0 Å². The molecule has 0 fully saturated rings. The van der Waals surface area contributed by atoms with Crippen LogP contribution < -0.4 is 0 Å². The standard InChI is InChI=1S/C24H19Br/c25-24-13-11-20(12-14-24)23-16-21(18-7-3-1-4-8-18)15-22(17-23)19-9-5-2-6-10-19/h1-14,16-17,21H,15H2. The van der Waals surface area contributed by atoms with Crippen LogP contribution in [0.2, 0.25) is 0 Å². The molecule has 0 nitrogen and oxygen atoms in total. The predicted molar refractivity (Wildman–Crippen MR) is 110 cm³/mol. The summed E-state index contributed by atoms with van der Waals surface area (Å²) in [5.74, 6) is 0.403. The monoisotopic (exact) mass is 386 g/mol. The van der Waals surface area contributed by atoms with Crippen molar-refractivity contribution in [3.05, 3.63) is 118 Å².